The molecule has 0 atom stereocenters. The van der Waals surface area contributed by atoms with Crippen LogP contribution in [-0.2, 0) is 10.0 Å². The molecule has 0 unspecified atom stereocenters. The smallest absolute Gasteiger partial charge is 0.422 e. The van der Waals surface area contributed by atoms with Crippen LogP contribution in [-0.4, -0.2) is 39.3 Å². The summed E-state index contributed by atoms with van der Waals surface area (Å²) in [6.07, 6.45) is -2.26. The van der Waals surface area contributed by atoms with Gasteiger partial charge in [-0.05, 0) is 25.5 Å². The zero-order chi connectivity index (χ0) is 15.9. The molecule has 0 bridgehead atoms. The topological polar surface area (TPSA) is 94.3 Å². The molecule has 1 rings (SSSR count). The number of nitrogens with two attached hydrogens (primary N) is 1. The van der Waals surface area contributed by atoms with Gasteiger partial charge in [-0.15, -0.1) is 0 Å². The van der Waals surface area contributed by atoms with Crippen LogP contribution in [0, 0.1) is 0 Å². The largest absolute Gasteiger partial charge is 0.468 e. The highest BCUT2D eigenvalue weighted by atomic mass is 32.2. The lowest BCUT2D eigenvalue weighted by Crippen LogP contribution is -2.25. The van der Waals surface area contributed by atoms with Crippen molar-refractivity contribution in [1.29, 1.82) is 0 Å². The standard InChI is InChI=1S/C11H16F3N3O3S/c12-11(13,14)8-20-10-4-3-9(7-16-10)21(18,19)17-6-2-1-5-15/h3-4,7,17H,1-2,5-6,8,15H2. The van der Waals surface area contributed by atoms with E-state index in [2.05, 4.69) is 14.4 Å². The zero-order valence-corrected chi connectivity index (χ0v) is 11.9. The maximum absolute atomic E-state index is 11.9. The van der Waals surface area contributed by atoms with Gasteiger partial charge in [-0.1, -0.05) is 0 Å². The molecule has 0 spiro atoms. The van der Waals surface area contributed by atoms with Gasteiger partial charge in [0.15, 0.2) is 6.61 Å². The van der Waals surface area contributed by atoms with Crippen molar-refractivity contribution in [2.45, 2.75) is 23.9 Å². The maximum Gasteiger partial charge on any atom is 0.422 e. The number of ether oxygens (including phenoxy) is 1. The Morgan fingerprint density at radius 3 is 2.52 bits per heavy atom. The van der Waals surface area contributed by atoms with E-state index in [1.807, 2.05) is 0 Å². The van der Waals surface area contributed by atoms with Gasteiger partial charge in [0.1, 0.15) is 4.90 Å². The van der Waals surface area contributed by atoms with Crippen molar-refractivity contribution in [2.75, 3.05) is 19.7 Å². The third-order valence-corrected chi connectivity index (χ3v) is 3.77. The van der Waals surface area contributed by atoms with Crippen LogP contribution >= 0.6 is 0 Å². The molecule has 0 fully saturated rings. The second-order valence-corrected chi connectivity index (χ2v) is 5.90. The maximum atomic E-state index is 11.9. The van der Waals surface area contributed by atoms with Crippen LogP contribution in [0.4, 0.5) is 13.2 Å². The van der Waals surface area contributed by atoms with E-state index in [9.17, 15) is 21.6 Å². The first kappa shape index (κ1) is 17.7. The highest BCUT2D eigenvalue weighted by Crippen LogP contribution is 2.18. The van der Waals surface area contributed by atoms with Crippen molar-refractivity contribution in [1.82, 2.24) is 9.71 Å². The van der Waals surface area contributed by atoms with E-state index in [4.69, 9.17) is 5.73 Å². The molecule has 6 nitrogen and oxygen atoms in total. The number of sulfonamides is 1. The van der Waals surface area contributed by atoms with E-state index in [1.165, 1.54) is 0 Å². The first-order valence-corrected chi connectivity index (χ1v) is 7.58. The van der Waals surface area contributed by atoms with Gasteiger partial charge in [-0.3, -0.25) is 0 Å². The third kappa shape index (κ3) is 6.74. The molecule has 1 aromatic heterocycles. The van der Waals surface area contributed by atoms with Gasteiger partial charge >= 0.3 is 6.18 Å². The molecule has 0 saturated heterocycles. The summed E-state index contributed by atoms with van der Waals surface area (Å²) < 4.78 is 66.2. The normalized spacial score (nSPS) is 12.4. The van der Waals surface area contributed by atoms with Gasteiger partial charge in [-0.2, -0.15) is 13.2 Å². The number of unbranched alkanes of at least 4 members (excludes halogenated alkanes) is 1. The molecular weight excluding hydrogens is 311 g/mol. The predicted molar refractivity (Wildman–Crippen MR) is 69.3 cm³/mol. The Balaban J connectivity index is 2.60. The number of aromatic nitrogens is 1. The van der Waals surface area contributed by atoms with Crippen LogP contribution in [0.25, 0.3) is 0 Å². The zero-order valence-electron chi connectivity index (χ0n) is 11.1. The minimum absolute atomic E-state index is 0.144. The molecule has 0 amide bonds. The van der Waals surface area contributed by atoms with Crippen molar-refractivity contribution in [3.05, 3.63) is 18.3 Å². The molecule has 0 aliphatic carbocycles. The average Bonchev–Trinajstić information content (AvgIpc) is 2.41. The van der Waals surface area contributed by atoms with Gasteiger partial charge in [-0.25, -0.2) is 18.1 Å². The Hall–Kier alpha value is -1.39. The molecular formula is C11H16F3N3O3S. The van der Waals surface area contributed by atoms with E-state index in [0.717, 1.165) is 18.3 Å². The fourth-order valence-electron chi connectivity index (χ4n) is 1.33. The fraction of sp³-hybridized carbons (Fsp3) is 0.545. The lowest BCUT2D eigenvalue weighted by atomic mass is 10.3. The quantitative estimate of drug-likeness (QED) is 0.696. The van der Waals surface area contributed by atoms with Crippen molar-refractivity contribution in [2.24, 2.45) is 5.73 Å². The monoisotopic (exact) mass is 327 g/mol. The van der Waals surface area contributed by atoms with Crippen LogP contribution in [0.1, 0.15) is 12.8 Å². The van der Waals surface area contributed by atoms with E-state index >= 15 is 0 Å². The minimum Gasteiger partial charge on any atom is -0.468 e. The molecule has 1 aromatic rings. The van der Waals surface area contributed by atoms with Crippen LogP contribution in [0.15, 0.2) is 23.2 Å². The minimum atomic E-state index is -4.48. The number of halogens is 3. The summed E-state index contributed by atoms with van der Waals surface area (Å²) in [5, 5.41) is 0. The summed E-state index contributed by atoms with van der Waals surface area (Å²) in [5.74, 6) is -0.297. The van der Waals surface area contributed by atoms with Gasteiger partial charge in [0.05, 0.1) is 6.20 Å². The van der Waals surface area contributed by atoms with Gasteiger partial charge in [0, 0.05) is 12.6 Å². The Bertz CT molecular complexity index is 532. The number of rotatable bonds is 8. The summed E-state index contributed by atoms with van der Waals surface area (Å²) in [6, 6.07) is 2.20. The van der Waals surface area contributed by atoms with Crippen molar-refractivity contribution >= 4 is 10.0 Å². The second kappa shape index (κ2) is 7.57. The summed E-state index contributed by atoms with van der Waals surface area (Å²) in [4.78, 5) is 3.39. The molecule has 0 saturated carbocycles. The van der Waals surface area contributed by atoms with E-state index < -0.39 is 22.8 Å². The molecule has 21 heavy (non-hydrogen) atoms. The van der Waals surface area contributed by atoms with Crippen molar-refractivity contribution in [3.8, 4) is 5.88 Å². The molecule has 0 aromatic carbocycles. The fourth-order valence-corrected chi connectivity index (χ4v) is 2.34. The molecule has 10 heteroatoms. The number of hydrogen-bond acceptors (Lipinski definition) is 5. The number of nitrogens with zero attached hydrogens (tertiary/aromatic N) is 1. The lowest BCUT2D eigenvalue weighted by Gasteiger charge is -2.09. The first-order chi connectivity index (χ1) is 9.74. The molecule has 0 radical (unpaired) electrons. The number of alkyl halides is 3. The van der Waals surface area contributed by atoms with Crippen LogP contribution in [0.3, 0.4) is 0 Å². The molecule has 120 valence electrons. The molecule has 0 aliphatic rings. The van der Waals surface area contributed by atoms with Gasteiger partial charge in [0.25, 0.3) is 0 Å². The van der Waals surface area contributed by atoms with E-state index in [1.54, 1.807) is 0 Å². The number of nitrogens with one attached hydrogen (secondary N) is 1. The highest BCUT2D eigenvalue weighted by Gasteiger charge is 2.28. The Kier molecular flexibility index (Phi) is 6.37. The summed E-state index contributed by atoms with van der Waals surface area (Å²) in [6.45, 7) is -0.788. The van der Waals surface area contributed by atoms with Crippen molar-refractivity contribution < 1.29 is 26.3 Å². The molecule has 3 N–H and O–H groups in total. The summed E-state index contributed by atoms with van der Waals surface area (Å²) >= 11 is 0. The number of pyridine rings is 1. The van der Waals surface area contributed by atoms with E-state index in [-0.39, 0.29) is 17.3 Å². The van der Waals surface area contributed by atoms with E-state index in [0.29, 0.717) is 19.4 Å². The molecule has 0 aliphatic heterocycles. The Morgan fingerprint density at radius 2 is 2.00 bits per heavy atom. The average molecular weight is 327 g/mol. The highest BCUT2D eigenvalue weighted by molar-refractivity contribution is 7.89. The predicted octanol–water partition coefficient (Wildman–Crippen LogP) is 1.04. The molecule has 1 heterocycles. The van der Waals surface area contributed by atoms with Crippen molar-refractivity contribution in [3.63, 3.8) is 0 Å². The number of hydrogen-bond donors (Lipinski definition) is 2. The lowest BCUT2D eigenvalue weighted by molar-refractivity contribution is -0.154. The summed E-state index contributed by atoms with van der Waals surface area (Å²) in [7, 11) is -3.73. The van der Waals surface area contributed by atoms with Crippen LogP contribution in [0.2, 0.25) is 0 Å². The Labute approximate surface area is 120 Å². The Morgan fingerprint density at radius 1 is 1.29 bits per heavy atom. The first-order valence-electron chi connectivity index (χ1n) is 6.10. The SMILES string of the molecule is NCCCCNS(=O)(=O)c1ccc(OCC(F)(F)F)nc1. The second-order valence-electron chi connectivity index (χ2n) is 4.13. The third-order valence-electron chi connectivity index (χ3n) is 2.33. The van der Waals surface area contributed by atoms with Crippen LogP contribution < -0.4 is 15.2 Å². The summed E-state index contributed by atoms with van der Waals surface area (Å²) in [5.41, 5.74) is 5.28. The van der Waals surface area contributed by atoms with Gasteiger partial charge < -0.3 is 10.5 Å². The van der Waals surface area contributed by atoms with Gasteiger partial charge in [0.2, 0.25) is 15.9 Å². The van der Waals surface area contributed by atoms with Crippen LogP contribution in [0.5, 0.6) is 5.88 Å².